The van der Waals surface area contributed by atoms with Crippen molar-refractivity contribution in [3.8, 4) is 0 Å². The number of aryl methyl sites for hydroxylation is 1. The summed E-state index contributed by atoms with van der Waals surface area (Å²) in [4.78, 5) is 4.55. The standard InChI is InChI=1S/C14H25N3S/c1-3-11-4-6-12(7-5-11)13(17-15)8-14-16-10(2)9-18-14/h9,11-13,17H,3-8,15H2,1-2H3. The van der Waals surface area contributed by atoms with Gasteiger partial charge in [-0.05, 0) is 31.6 Å². The number of nitrogens with one attached hydrogen (secondary N) is 1. The van der Waals surface area contributed by atoms with Crippen molar-refractivity contribution in [1.82, 2.24) is 10.4 Å². The lowest BCUT2D eigenvalue weighted by Gasteiger charge is -2.33. The van der Waals surface area contributed by atoms with E-state index in [2.05, 4.69) is 29.6 Å². The van der Waals surface area contributed by atoms with Gasteiger partial charge >= 0.3 is 0 Å². The highest BCUT2D eigenvalue weighted by Crippen LogP contribution is 2.33. The molecule has 3 N–H and O–H groups in total. The first-order chi connectivity index (χ1) is 8.72. The van der Waals surface area contributed by atoms with Crippen LogP contribution in [0.5, 0.6) is 0 Å². The molecule has 1 unspecified atom stereocenters. The molecule has 0 amide bonds. The third-order valence-electron chi connectivity index (χ3n) is 4.31. The zero-order valence-corrected chi connectivity index (χ0v) is 12.3. The van der Waals surface area contributed by atoms with Crippen LogP contribution in [0.3, 0.4) is 0 Å². The van der Waals surface area contributed by atoms with E-state index in [1.165, 1.54) is 37.1 Å². The maximum atomic E-state index is 5.75. The molecule has 0 aliphatic heterocycles. The SMILES string of the molecule is CCC1CCC(C(Cc2nc(C)cs2)NN)CC1. The third kappa shape index (κ3) is 3.53. The molecule has 4 heteroatoms. The Balaban J connectivity index is 1.89. The smallest absolute Gasteiger partial charge is 0.0944 e. The maximum absolute atomic E-state index is 5.75. The summed E-state index contributed by atoms with van der Waals surface area (Å²) in [6.07, 6.45) is 7.69. The van der Waals surface area contributed by atoms with Crippen molar-refractivity contribution in [2.75, 3.05) is 0 Å². The molecule has 0 spiro atoms. The molecular weight excluding hydrogens is 242 g/mol. The first kappa shape index (κ1) is 14.0. The lowest BCUT2D eigenvalue weighted by Crippen LogP contribution is -2.43. The van der Waals surface area contributed by atoms with Gasteiger partial charge in [0, 0.05) is 23.5 Å². The van der Waals surface area contributed by atoms with Gasteiger partial charge in [-0.3, -0.25) is 11.3 Å². The van der Waals surface area contributed by atoms with Crippen LogP contribution in [0.25, 0.3) is 0 Å². The minimum atomic E-state index is 0.397. The maximum Gasteiger partial charge on any atom is 0.0944 e. The van der Waals surface area contributed by atoms with E-state index in [1.54, 1.807) is 11.3 Å². The van der Waals surface area contributed by atoms with Crippen molar-refractivity contribution in [2.45, 2.75) is 58.4 Å². The van der Waals surface area contributed by atoms with Crippen LogP contribution in [0.1, 0.15) is 49.7 Å². The Hall–Kier alpha value is -0.450. The molecule has 2 rings (SSSR count). The second-order valence-corrected chi connectivity index (χ2v) is 6.49. The number of hydrazine groups is 1. The molecule has 18 heavy (non-hydrogen) atoms. The van der Waals surface area contributed by atoms with Crippen LogP contribution >= 0.6 is 11.3 Å². The number of hydrogen-bond acceptors (Lipinski definition) is 4. The fourth-order valence-electron chi connectivity index (χ4n) is 3.05. The van der Waals surface area contributed by atoms with Gasteiger partial charge in [-0.15, -0.1) is 11.3 Å². The topological polar surface area (TPSA) is 50.9 Å². The number of rotatable bonds is 5. The molecule has 0 bridgehead atoms. The van der Waals surface area contributed by atoms with Crippen LogP contribution in [-0.4, -0.2) is 11.0 Å². The molecule has 102 valence electrons. The monoisotopic (exact) mass is 267 g/mol. The van der Waals surface area contributed by atoms with Crippen molar-refractivity contribution in [3.63, 3.8) is 0 Å². The van der Waals surface area contributed by atoms with Crippen LogP contribution in [0.2, 0.25) is 0 Å². The molecule has 1 fully saturated rings. The molecule has 1 saturated carbocycles. The van der Waals surface area contributed by atoms with E-state index in [0.29, 0.717) is 6.04 Å². The van der Waals surface area contributed by atoms with Gasteiger partial charge in [0.25, 0.3) is 0 Å². The second-order valence-electron chi connectivity index (χ2n) is 5.55. The van der Waals surface area contributed by atoms with E-state index in [0.717, 1.165) is 24.0 Å². The van der Waals surface area contributed by atoms with Crippen molar-refractivity contribution in [3.05, 3.63) is 16.1 Å². The van der Waals surface area contributed by atoms with Crippen LogP contribution < -0.4 is 11.3 Å². The lowest BCUT2D eigenvalue weighted by atomic mass is 9.77. The van der Waals surface area contributed by atoms with Crippen molar-refractivity contribution in [2.24, 2.45) is 17.7 Å². The number of hydrogen-bond donors (Lipinski definition) is 2. The number of nitrogens with zero attached hydrogens (tertiary/aromatic N) is 1. The van der Waals surface area contributed by atoms with E-state index in [1.807, 2.05) is 0 Å². The van der Waals surface area contributed by atoms with Gasteiger partial charge in [0.15, 0.2) is 0 Å². The summed E-state index contributed by atoms with van der Waals surface area (Å²) in [5, 5.41) is 3.34. The Bertz CT molecular complexity index is 356. The normalized spacial score (nSPS) is 26.2. The Morgan fingerprint density at radius 2 is 2.17 bits per heavy atom. The van der Waals surface area contributed by atoms with Crippen LogP contribution in [0, 0.1) is 18.8 Å². The highest BCUT2D eigenvalue weighted by molar-refractivity contribution is 7.09. The average Bonchev–Trinajstić information content (AvgIpc) is 2.82. The second kappa shape index (κ2) is 6.64. The molecule has 0 saturated heterocycles. The number of thiazole rings is 1. The summed E-state index contributed by atoms with van der Waals surface area (Å²) < 4.78 is 0. The molecule has 3 nitrogen and oxygen atoms in total. The first-order valence-electron chi connectivity index (χ1n) is 7.10. The summed E-state index contributed by atoms with van der Waals surface area (Å²) in [6, 6.07) is 0.397. The van der Waals surface area contributed by atoms with E-state index in [4.69, 9.17) is 5.84 Å². The molecule has 1 aliphatic carbocycles. The highest BCUT2D eigenvalue weighted by atomic mass is 32.1. The molecule has 1 aromatic rings. The van der Waals surface area contributed by atoms with Crippen LogP contribution in [0.4, 0.5) is 0 Å². The van der Waals surface area contributed by atoms with Crippen molar-refractivity contribution < 1.29 is 0 Å². The van der Waals surface area contributed by atoms with Crippen LogP contribution in [0.15, 0.2) is 5.38 Å². The predicted octanol–water partition coefficient (Wildman–Crippen LogP) is 3.04. The fraction of sp³-hybridized carbons (Fsp3) is 0.786. The summed E-state index contributed by atoms with van der Waals surface area (Å²) in [7, 11) is 0. The number of aromatic nitrogens is 1. The lowest BCUT2D eigenvalue weighted by molar-refractivity contribution is 0.217. The zero-order chi connectivity index (χ0) is 13.0. The predicted molar refractivity (Wildman–Crippen MR) is 77.4 cm³/mol. The van der Waals surface area contributed by atoms with Gasteiger partial charge in [-0.2, -0.15) is 0 Å². The largest absolute Gasteiger partial charge is 0.271 e. The molecule has 1 atom stereocenters. The molecule has 1 aromatic heterocycles. The summed E-state index contributed by atoms with van der Waals surface area (Å²) in [5.41, 5.74) is 4.15. The molecule has 0 aromatic carbocycles. The van der Waals surface area contributed by atoms with Crippen LogP contribution in [-0.2, 0) is 6.42 Å². The average molecular weight is 267 g/mol. The Kier molecular flexibility index (Phi) is 5.15. The van der Waals surface area contributed by atoms with Gasteiger partial charge in [0.2, 0.25) is 0 Å². The van der Waals surface area contributed by atoms with Gasteiger partial charge in [-0.1, -0.05) is 26.2 Å². The Labute approximate surface area is 114 Å². The molecule has 1 aliphatic rings. The highest BCUT2D eigenvalue weighted by Gasteiger charge is 2.27. The molecular formula is C14H25N3S. The van der Waals surface area contributed by atoms with E-state index >= 15 is 0 Å². The van der Waals surface area contributed by atoms with Crippen molar-refractivity contribution in [1.29, 1.82) is 0 Å². The first-order valence-corrected chi connectivity index (χ1v) is 7.98. The molecule has 0 radical (unpaired) electrons. The Morgan fingerprint density at radius 1 is 1.44 bits per heavy atom. The Morgan fingerprint density at radius 3 is 2.67 bits per heavy atom. The third-order valence-corrected chi connectivity index (χ3v) is 5.30. The number of nitrogens with two attached hydrogens (primary N) is 1. The van der Waals surface area contributed by atoms with Crippen molar-refractivity contribution >= 4 is 11.3 Å². The molecule has 1 heterocycles. The van der Waals surface area contributed by atoms with Gasteiger partial charge < -0.3 is 0 Å². The van der Waals surface area contributed by atoms with Gasteiger partial charge in [-0.25, -0.2) is 4.98 Å². The summed E-state index contributed by atoms with van der Waals surface area (Å²) in [5.74, 6) is 7.42. The minimum Gasteiger partial charge on any atom is -0.271 e. The van der Waals surface area contributed by atoms with Gasteiger partial charge in [0.1, 0.15) is 0 Å². The zero-order valence-electron chi connectivity index (χ0n) is 11.5. The van der Waals surface area contributed by atoms with Gasteiger partial charge in [0.05, 0.1) is 5.01 Å². The van der Waals surface area contributed by atoms with E-state index in [9.17, 15) is 0 Å². The summed E-state index contributed by atoms with van der Waals surface area (Å²) >= 11 is 1.76. The quantitative estimate of drug-likeness (QED) is 0.637. The summed E-state index contributed by atoms with van der Waals surface area (Å²) in [6.45, 7) is 4.36. The van der Waals surface area contributed by atoms with E-state index in [-0.39, 0.29) is 0 Å². The minimum absolute atomic E-state index is 0.397. The fourth-order valence-corrected chi connectivity index (χ4v) is 3.88. The van der Waals surface area contributed by atoms with E-state index < -0.39 is 0 Å².